The fraction of sp³-hybridized carbons (Fsp3) is 0.526. The molecule has 2 fully saturated rings. The molecule has 3 nitrogen and oxygen atoms in total. The van der Waals surface area contributed by atoms with Gasteiger partial charge >= 0.3 is 5.97 Å². The van der Waals surface area contributed by atoms with Gasteiger partial charge in [0.15, 0.2) is 0 Å². The fourth-order valence-corrected chi connectivity index (χ4v) is 4.43. The summed E-state index contributed by atoms with van der Waals surface area (Å²) in [6, 6.07) is 9.07. The highest BCUT2D eigenvalue weighted by Gasteiger charge is 2.46. The molecule has 3 rings (SSSR count). The van der Waals surface area contributed by atoms with Crippen molar-refractivity contribution in [2.75, 3.05) is 13.3 Å². The van der Waals surface area contributed by atoms with Crippen LogP contribution < -0.4 is 5.32 Å². The van der Waals surface area contributed by atoms with Crippen LogP contribution in [0, 0.1) is 5.92 Å². The maximum absolute atomic E-state index is 12.7. The third-order valence-corrected chi connectivity index (χ3v) is 5.43. The topological polar surface area (TPSA) is 38.3 Å². The molecule has 0 radical (unpaired) electrons. The molecule has 130 valence electrons. The zero-order valence-electron chi connectivity index (χ0n) is 13.6. The summed E-state index contributed by atoms with van der Waals surface area (Å²) < 4.78 is 19.6. The first-order valence-electron chi connectivity index (χ1n) is 8.58. The van der Waals surface area contributed by atoms with E-state index in [1.165, 1.54) is 5.56 Å². The molecule has 0 aliphatic carbocycles. The number of esters is 1. The van der Waals surface area contributed by atoms with Gasteiger partial charge in [-0.1, -0.05) is 46.9 Å². The molecule has 2 aliphatic heterocycles. The summed E-state index contributed by atoms with van der Waals surface area (Å²) in [5.41, 5.74) is 2.35. The molecule has 5 heteroatoms. The van der Waals surface area contributed by atoms with Crippen molar-refractivity contribution in [2.45, 2.75) is 43.7 Å². The van der Waals surface area contributed by atoms with E-state index in [0.29, 0.717) is 6.04 Å². The summed E-state index contributed by atoms with van der Waals surface area (Å²) in [5, 5.41) is 3.56. The average molecular weight is 443 g/mol. The predicted octanol–water partition coefficient (Wildman–Crippen LogP) is 4.22. The molecule has 1 aromatic carbocycles. The van der Waals surface area contributed by atoms with Gasteiger partial charge in [-0.05, 0) is 40.5 Å². The molecule has 2 saturated heterocycles. The molecule has 0 aromatic heterocycles. The Hall–Kier alpha value is -0.950. The Morgan fingerprint density at radius 1 is 1.42 bits per heavy atom. The Labute approximate surface area is 156 Å². The number of fused-ring (bicyclic) bond motifs is 2. The van der Waals surface area contributed by atoms with Crippen molar-refractivity contribution in [2.24, 2.45) is 5.92 Å². The molecule has 2 heterocycles. The number of hydrogen-bond donors (Lipinski definition) is 1. The van der Waals surface area contributed by atoms with Crippen molar-refractivity contribution >= 4 is 34.6 Å². The van der Waals surface area contributed by atoms with E-state index < -0.39 is 6.67 Å². The van der Waals surface area contributed by atoms with E-state index in [1.54, 1.807) is 0 Å². The van der Waals surface area contributed by atoms with Crippen LogP contribution in [0.1, 0.15) is 42.7 Å². The number of ether oxygens (including phenoxy) is 1. The average Bonchev–Trinajstić information content (AvgIpc) is 2.96. The number of halogens is 2. The zero-order chi connectivity index (χ0) is 16.9. The first kappa shape index (κ1) is 17.9. The van der Waals surface area contributed by atoms with Crippen LogP contribution in [0.3, 0.4) is 0 Å². The minimum Gasteiger partial charge on any atom is -0.465 e. The molecule has 4 atom stereocenters. The number of hydrogen-bond acceptors (Lipinski definition) is 3. The molecule has 0 amide bonds. The molecule has 0 unspecified atom stereocenters. The molecule has 1 N–H and O–H groups in total. The SMILES string of the molecule is O=C(OCCCF)[C@H]1[C@@H](c2cccc(/C=C/I)c2)C[C@@H]2CC[C@H]1N2. The normalized spacial score (nSPS) is 29.1. The maximum atomic E-state index is 12.7. The number of carbonyl (C=O) groups excluding carboxylic acids is 1. The third kappa shape index (κ3) is 3.99. The van der Waals surface area contributed by atoms with Gasteiger partial charge in [0.05, 0.1) is 19.2 Å². The first-order valence-corrected chi connectivity index (χ1v) is 9.83. The zero-order valence-corrected chi connectivity index (χ0v) is 15.7. The van der Waals surface area contributed by atoms with Crippen LogP contribution in [0.25, 0.3) is 6.08 Å². The van der Waals surface area contributed by atoms with Gasteiger partial charge in [-0.15, -0.1) is 0 Å². The Morgan fingerprint density at radius 2 is 2.29 bits per heavy atom. The quantitative estimate of drug-likeness (QED) is 0.407. The van der Waals surface area contributed by atoms with Crippen molar-refractivity contribution in [3.8, 4) is 0 Å². The molecule has 2 bridgehead atoms. The van der Waals surface area contributed by atoms with E-state index in [1.807, 2.05) is 4.08 Å². The van der Waals surface area contributed by atoms with Gasteiger partial charge in [-0.25, -0.2) is 0 Å². The summed E-state index contributed by atoms with van der Waals surface area (Å²) in [5.74, 6) is -0.187. The number of carbonyl (C=O) groups is 1. The summed E-state index contributed by atoms with van der Waals surface area (Å²) >= 11 is 2.21. The van der Waals surface area contributed by atoms with E-state index in [9.17, 15) is 9.18 Å². The lowest BCUT2D eigenvalue weighted by molar-refractivity contribution is -0.151. The summed E-state index contributed by atoms with van der Waals surface area (Å²) in [6.45, 7) is -0.276. The van der Waals surface area contributed by atoms with Gasteiger partial charge in [0.25, 0.3) is 0 Å². The van der Waals surface area contributed by atoms with Gasteiger partial charge < -0.3 is 10.1 Å². The minimum absolute atomic E-state index is 0.171. The second-order valence-electron chi connectivity index (χ2n) is 6.59. The Bertz CT molecular complexity index is 607. The predicted molar refractivity (Wildman–Crippen MR) is 102 cm³/mol. The van der Waals surface area contributed by atoms with Gasteiger partial charge in [0.2, 0.25) is 0 Å². The van der Waals surface area contributed by atoms with Crippen molar-refractivity contribution in [3.05, 3.63) is 39.5 Å². The summed E-state index contributed by atoms with van der Waals surface area (Å²) in [7, 11) is 0. The number of piperidine rings is 1. The van der Waals surface area contributed by atoms with Crippen LogP contribution in [-0.4, -0.2) is 31.3 Å². The molecule has 1 aromatic rings. The highest BCUT2D eigenvalue weighted by molar-refractivity contribution is 14.1. The van der Waals surface area contributed by atoms with E-state index in [0.717, 1.165) is 24.8 Å². The van der Waals surface area contributed by atoms with Crippen LogP contribution in [-0.2, 0) is 9.53 Å². The minimum atomic E-state index is -0.449. The lowest BCUT2D eigenvalue weighted by atomic mass is 9.76. The van der Waals surface area contributed by atoms with Crippen molar-refractivity contribution in [1.29, 1.82) is 0 Å². The molecular weight excluding hydrogens is 420 g/mol. The van der Waals surface area contributed by atoms with Crippen LogP contribution in [0.5, 0.6) is 0 Å². The summed E-state index contributed by atoms with van der Waals surface area (Å²) in [6.07, 6.45) is 5.42. The van der Waals surface area contributed by atoms with Gasteiger partial charge in [0, 0.05) is 24.4 Å². The highest BCUT2D eigenvalue weighted by Crippen LogP contribution is 2.42. The van der Waals surface area contributed by atoms with E-state index in [-0.39, 0.29) is 36.9 Å². The van der Waals surface area contributed by atoms with Crippen LogP contribution >= 0.6 is 22.6 Å². The summed E-state index contributed by atoms with van der Waals surface area (Å²) in [4.78, 5) is 12.7. The van der Waals surface area contributed by atoms with E-state index in [4.69, 9.17) is 4.74 Å². The van der Waals surface area contributed by atoms with E-state index in [2.05, 4.69) is 58.2 Å². The molecule has 0 saturated carbocycles. The number of alkyl halides is 1. The Kier molecular flexibility index (Phi) is 6.27. The Morgan fingerprint density at radius 3 is 3.08 bits per heavy atom. The third-order valence-electron chi connectivity index (χ3n) is 5.07. The lowest BCUT2D eigenvalue weighted by Gasteiger charge is -2.36. The van der Waals surface area contributed by atoms with E-state index >= 15 is 0 Å². The first-order chi connectivity index (χ1) is 11.7. The lowest BCUT2D eigenvalue weighted by Crippen LogP contribution is -2.48. The van der Waals surface area contributed by atoms with Gasteiger partial charge in [0.1, 0.15) is 0 Å². The van der Waals surface area contributed by atoms with Crippen LogP contribution in [0.2, 0.25) is 0 Å². The largest absolute Gasteiger partial charge is 0.465 e. The standard InChI is InChI=1S/C19H23FINO2/c20-8-2-10-24-19(23)18-16(12-15-5-6-17(18)22-15)14-4-1-3-13(11-14)7-9-21/h1,3-4,7,9,11,15-18,22H,2,5-6,8,10,12H2/b9-7+/t15-,16+,17+,18-/m0/s1. The van der Waals surface area contributed by atoms with Gasteiger partial charge in [-0.3, -0.25) is 9.18 Å². The smallest absolute Gasteiger partial charge is 0.311 e. The van der Waals surface area contributed by atoms with Gasteiger partial charge in [-0.2, -0.15) is 0 Å². The fourth-order valence-electron chi connectivity index (χ4n) is 4.01. The number of nitrogens with one attached hydrogen (secondary N) is 1. The molecule has 2 aliphatic rings. The molecular formula is C19H23FINO2. The molecule has 0 spiro atoms. The highest BCUT2D eigenvalue weighted by atomic mass is 127. The monoisotopic (exact) mass is 443 g/mol. The molecule has 24 heavy (non-hydrogen) atoms. The van der Waals surface area contributed by atoms with Crippen LogP contribution in [0.4, 0.5) is 4.39 Å². The number of rotatable bonds is 6. The second-order valence-corrected chi connectivity index (χ2v) is 7.31. The Balaban J connectivity index is 1.83. The van der Waals surface area contributed by atoms with Crippen molar-refractivity contribution in [1.82, 2.24) is 5.32 Å². The maximum Gasteiger partial charge on any atom is 0.311 e. The van der Waals surface area contributed by atoms with Crippen molar-refractivity contribution in [3.63, 3.8) is 0 Å². The van der Waals surface area contributed by atoms with Crippen LogP contribution in [0.15, 0.2) is 28.3 Å². The number of benzene rings is 1. The van der Waals surface area contributed by atoms with Crippen molar-refractivity contribution < 1.29 is 13.9 Å². The second kappa shape index (κ2) is 8.43.